The van der Waals surface area contributed by atoms with Gasteiger partial charge >= 0.3 is 6.18 Å². The highest BCUT2D eigenvalue weighted by molar-refractivity contribution is 7.23. The zero-order chi connectivity index (χ0) is 16.4. The van der Waals surface area contributed by atoms with Gasteiger partial charge in [0.05, 0.1) is 11.1 Å². The van der Waals surface area contributed by atoms with Crippen molar-refractivity contribution in [1.82, 2.24) is 5.32 Å². The van der Waals surface area contributed by atoms with Crippen molar-refractivity contribution in [3.8, 4) is 5.75 Å². The first kappa shape index (κ1) is 14.6. The number of halogens is 3. The predicted molar refractivity (Wildman–Crippen MR) is 80.8 cm³/mol. The van der Waals surface area contributed by atoms with Crippen molar-refractivity contribution in [2.45, 2.75) is 24.6 Å². The highest BCUT2D eigenvalue weighted by Gasteiger charge is 2.50. The molecule has 122 valence electrons. The number of fused-ring (bicyclic) bond motifs is 1. The van der Waals surface area contributed by atoms with Crippen LogP contribution in [0.4, 0.5) is 18.2 Å². The smallest absolute Gasteiger partial charge is 0.419 e. The number of anilines is 1. The molecule has 23 heavy (non-hydrogen) atoms. The van der Waals surface area contributed by atoms with Crippen LogP contribution >= 0.6 is 11.3 Å². The number of rotatable bonds is 1. The first-order valence-corrected chi connectivity index (χ1v) is 7.98. The van der Waals surface area contributed by atoms with E-state index in [9.17, 15) is 23.1 Å². The second kappa shape index (κ2) is 4.53. The van der Waals surface area contributed by atoms with Gasteiger partial charge in [-0.3, -0.25) is 4.79 Å². The third kappa shape index (κ3) is 2.23. The first-order valence-electron chi connectivity index (χ1n) is 7.16. The molecule has 1 amide bonds. The van der Waals surface area contributed by atoms with Gasteiger partial charge in [0.2, 0.25) is 5.91 Å². The molecule has 0 atom stereocenters. The van der Waals surface area contributed by atoms with E-state index in [1.165, 1.54) is 18.2 Å². The summed E-state index contributed by atoms with van der Waals surface area (Å²) >= 11 is 1.03. The van der Waals surface area contributed by atoms with Gasteiger partial charge in [0.25, 0.3) is 0 Å². The Morgan fingerprint density at radius 1 is 1.30 bits per heavy atom. The number of carbonyl (C=O) groups excluding carboxylic acids is 1. The Hall–Kier alpha value is -1.96. The number of hydrogen-bond acceptors (Lipinski definition) is 4. The van der Waals surface area contributed by atoms with Crippen molar-refractivity contribution < 1.29 is 23.1 Å². The van der Waals surface area contributed by atoms with Crippen molar-refractivity contribution in [2.24, 2.45) is 0 Å². The van der Waals surface area contributed by atoms with Crippen LogP contribution in [0.15, 0.2) is 18.2 Å². The third-order valence-corrected chi connectivity index (χ3v) is 5.66. The van der Waals surface area contributed by atoms with Gasteiger partial charge in [0.15, 0.2) is 0 Å². The molecule has 0 bridgehead atoms. The number of carbonyl (C=O) groups is 1. The molecule has 2 fully saturated rings. The van der Waals surface area contributed by atoms with Crippen LogP contribution in [0.25, 0.3) is 10.1 Å². The minimum absolute atomic E-state index is 0.0399. The maximum Gasteiger partial charge on any atom is 0.419 e. The molecule has 2 N–H and O–H groups in total. The second-order valence-corrected chi connectivity index (χ2v) is 7.18. The van der Waals surface area contributed by atoms with Gasteiger partial charge in [-0.25, -0.2) is 0 Å². The largest absolute Gasteiger partial charge is 0.508 e. The minimum atomic E-state index is -4.47. The lowest BCUT2D eigenvalue weighted by Gasteiger charge is -2.48. The summed E-state index contributed by atoms with van der Waals surface area (Å²) in [5, 5.41) is 12.6. The highest BCUT2D eigenvalue weighted by atomic mass is 32.1. The van der Waals surface area contributed by atoms with Gasteiger partial charge in [-0.2, -0.15) is 13.2 Å². The topological polar surface area (TPSA) is 52.6 Å². The number of thiophene rings is 1. The molecule has 8 heteroatoms. The maximum atomic E-state index is 13.5. The quantitative estimate of drug-likeness (QED) is 0.837. The minimum Gasteiger partial charge on any atom is -0.508 e. The number of nitrogens with one attached hydrogen (secondary N) is 1. The third-order valence-electron chi connectivity index (χ3n) is 4.45. The van der Waals surface area contributed by atoms with E-state index in [-0.39, 0.29) is 27.6 Å². The van der Waals surface area contributed by atoms with Gasteiger partial charge in [-0.1, -0.05) is 0 Å². The number of hydrogen-bond donors (Lipinski definition) is 2. The van der Waals surface area contributed by atoms with E-state index in [1.807, 2.05) is 0 Å². The molecule has 1 aromatic carbocycles. The van der Waals surface area contributed by atoms with Crippen LogP contribution in [0.5, 0.6) is 5.75 Å². The van der Waals surface area contributed by atoms with Crippen LogP contribution in [-0.2, 0) is 11.0 Å². The molecule has 2 aliphatic heterocycles. The maximum absolute atomic E-state index is 13.5. The Labute approximate surface area is 133 Å². The van der Waals surface area contributed by atoms with Crippen molar-refractivity contribution in [3.63, 3.8) is 0 Å². The molecule has 0 saturated carbocycles. The number of alkyl halides is 3. The molecule has 2 saturated heterocycles. The Kier molecular flexibility index (Phi) is 2.88. The Bertz CT molecular complexity index is 809. The van der Waals surface area contributed by atoms with Crippen LogP contribution in [-0.4, -0.2) is 29.6 Å². The summed E-state index contributed by atoms with van der Waals surface area (Å²) in [6, 6.07) is 3.93. The second-order valence-electron chi connectivity index (χ2n) is 6.15. The SMILES string of the molecule is O=C1CCC2(CN(c3sc4cc(O)ccc4c3C(F)(F)F)C2)N1. The number of aromatic hydroxyl groups is 1. The van der Waals surface area contributed by atoms with Crippen LogP contribution in [0.3, 0.4) is 0 Å². The predicted octanol–water partition coefficient (Wildman–Crippen LogP) is 3.09. The summed E-state index contributed by atoms with van der Waals surface area (Å²) in [6.07, 6.45) is -3.37. The lowest BCUT2D eigenvalue weighted by atomic mass is 9.88. The zero-order valence-corrected chi connectivity index (χ0v) is 12.7. The van der Waals surface area contributed by atoms with Crippen LogP contribution < -0.4 is 10.2 Å². The van der Waals surface area contributed by atoms with Gasteiger partial charge in [-0.05, 0) is 24.6 Å². The molecular weight excluding hydrogens is 329 g/mol. The summed E-state index contributed by atoms with van der Waals surface area (Å²) in [5.41, 5.74) is -1.03. The molecule has 4 rings (SSSR count). The lowest BCUT2D eigenvalue weighted by Crippen LogP contribution is -2.67. The molecule has 2 aromatic rings. The summed E-state index contributed by atoms with van der Waals surface area (Å²) < 4.78 is 40.9. The standard InChI is InChI=1S/C15H13F3N2O2S/c16-15(17,18)12-9-2-1-8(21)5-10(9)23-13(12)20-6-14(7-20)4-3-11(22)19-14/h1-2,5,21H,3-4,6-7H2,(H,19,22). The first-order chi connectivity index (χ1) is 10.8. The fraction of sp³-hybridized carbons (Fsp3) is 0.400. The van der Waals surface area contributed by atoms with Crippen molar-refractivity contribution in [2.75, 3.05) is 18.0 Å². The molecule has 4 nitrogen and oxygen atoms in total. The Balaban J connectivity index is 1.74. The monoisotopic (exact) mass is 342 g/mol. The molecule has 0 aliphatic carbocycles. The summed E-state index contributed by atoms with van der Waals surface area (Å²) in [6.45, 7) is 0.779. The van der Waals surface area contributed by atoms with Gasteiger partial charge in [0, 0.05) is 29.6 Å². The van der Waals surface area contributed by atoms with Crippen LogP contribution in [0.1, 0.15) is 18.4 Å². The molecule has 1 aromatic heterocycles. The van der Waals surface area contributed by atoms with Crippen LogP contribution in [0.2, 0.25) is 0 Å². The zero-order valence-electron chi connectivity index (χ0n) is 11.9. The van der Waals surface area contributed by atoms with E-state index >= 15 is 0 Å². The van der Waals surface area contributed by atoms with E-state index in [0.29, 0.717) is 30.6 Å². The molecule has 2 aliphatic rings. The van der Waals surface area contributed by atoms with Crippen molar-refractivity contribution in [1.29, 1.82) is 0 Å². The van der Waals surface area contributed by atoms with Crippen LogP contribution in [0, 0.1) is 0 Å². The fourth-order valence-electron chi connectivity index (χ4n) is 3.41. The Morgan fingerprint density at radius 2 is 2.04 bits per heavy atom. The molecule has 0 radical (unpaired) electrons. The van der Waals surface area contributed by atoms with E-state index < -0.39 is 11.7 Å². The van der Waals surface area contributed by atoms with E-state index in [1.54, 1.807) is 4.90 Å². The summed E-state index contributed by atoms with van der Waals surface area (Å²) in [5.74, 6) is -0.0934. The Morgan fingerprint density at radius 3 is 2.65 bits per heavy atom. The fourth-order valence-corrected chi connectivity index (χ4v) is 4.66. The van der Waals surface area contributed by atoms with Crippen molar-refractivity contribution in [3.05, 3.63) is 23.8 Å². The average molecular weight is 342 g/mol. The molecular formula is C15H13F3N2O2S. The van der Waals surface area contributed by atoms with Gasteiger partial charge in [0.1, 0.15) is 10.8 Å². The number of amides is 1. The van der Waals surface area contributed by atoms with E-state index in [2.05, 4.69) is 5.32 Å². The van der Waals surface area contributed by atoms with E-state index in [0.717, 1.165) is 11.3 Å². The number of phenolic OH excluding ortho intramolecular Hbond substituents is 1. The molecule has 1 spiro atoms. The summed E-state index contributed by atoms with van der Waals surface area (Å²) in [4.78, 5) is 13.0. The number of nitrogens with zero attached hydrogens (tertiary/aromatic N) is 1. The van der Waals surface area contributed by atoms with Crippen molar-refractivity contribution >= 4 is 32.3 Å². The number of benzene rings is 1. The molecule has 0 unspecified atom stereocenters. The molecule has 3 heterocycles. The average Bonchev–Trinajstić information content (AvgIpc) is 2.96. The van der Waals surface area contributed by atoms with E-state index in [4.69, 9.17) is 0 Å². The number of phenols is 1. The highest BCUT2D eigenvalue weighted by Crippen LogP contribution is 2.50. The normalized spacial score (nSPS) is 20.1. The van der Waals surface area contributed by atoms with Gasteiger partial charge < -0.3 is 15.3 Å². The summed E-state index contributed by atoms with van der Waals surface area (Å²) in [7, 11) is 0. The lowest BCUT2D eigenvalue weighted by molar-refractivity contribution is -0.135. The van der Waals surface area contributed by atoms with Gasteiger partial charge in [-0.15, -0.1) is 11.3 Å².